The number of halogens is 1. The minimum atomic E-state index is 0.384. The second-order valence-corrected chi connectivity index (χ2v) is 19.9. The molecule has 10 rings (SSSR count). The van der Waals surface area contributed by atoms with Crippen molar-refractivity contribution in [2.75, 3.05) is 96.4 Å². The summed E-state index contributed by atoms with van der Waals surface area (Å²) in [4.78, 5) is 20.3. The van der Waals surface area contributed by atoms with E-state index in [2.05, 4.69) is 119 Å². The predicted molar refractivity (Wildman–Crippen MR) is 266 cm³/mol. The molecule has 6 aliphatic rings. The monoisotopic (exact) mass is 884 g/mol. The van der Waals surface area contributed by atoms with Gasteiger partial charge in [-0.3, -0.25) is 4.90 Å². The third-order valence-electron chi connectivity index (χ3n) is 15.0. The molecular formula is C51H65ClN10S. The third kappa shape index (κ3) is 9.26. The van der Waals surface area contributed by atoms with E-state index in [-0.39, 0.29) is 0 Å². The molecule has 5 aliphatic heterocycles. The van der Waals surface area contributed by atoms with Gasteiger partial charge in [-0.15, -0.1) is 0 Å². The number of aromatic nitrogens is 2. The molecule has 4 aromatic rings. The van der Waals surface area contributed by atoms with Crippen molar-refractivity contribution in [2.24, 2.45) is 5.92 Å². The fourth-order valence-electron chi connectivity index (χ4n) is 11.4. The zero-order valence-electron chi connectivity index (χ0n) is 37.2. The van der Waals surface area contributed by atoms with Gasteiger partial charge >= 0.3 is 0 Å². The number of para-hydroxylation sites is 1. The number of piperazine rings is 1. The van der Waals surface area contributed by atoms with Crippen LogP contribution in [0.4, 0.5) is 40.2 Å². The first-order valence-electron chi connectivity index (χ1n) is 23.7. The molecule has 0 radical (unpaired) electrons. The summed E-state index contributed by atoms with van der Waals surface area (Å²) in [6.07, 6.45) is 16.8. The van der Waals surface area contributed by atoms with E-state index in [9.17, 15) is 0 Å². The highest BCUT2D eigenvalue weighted by Crippen LogP contribution is 2.42. The summed E-state index contributed by atoms with van der Waals surface area (Å²) in [5.41, 5.74) is 14.0. The zero-order chi connectivity index (χ0) is 42.9. The standard InChI is InChI=1S/C51H65ClN10S/c1-35-10-15-42(36(2)54-35)38-11-13-40(14-12-38)59-25-19-37(20-26-59)18-24-58-30-32-60(33-31-58)41-22-27-61(28-23-41)48-17-16-46(43-7-5-8-44(43)48)56-51-53-34-45(52)50(57-51)55-47-9-4-6-39-21-29-62(63-3)49(39)47/h4,6,9,11-14,16-17,34,37,41-42,54H,1-2,5,7-8,10,15,18-33H2,3H3,(H2,53,55,56,57). The highest BCUT2D eigenvalue weighted by Gasteiger charge is 2.31. The van der Waals surface area contributed by atoms with Crippen LogP contribution in [0.15, 0.2) is 85.3 Å². The summed E-state index contributed by atoms with van der Waals surface area (Å²) < 4.78 is 2.33. The van der Waals surface area contributed by atoms with Gasteiger partial charge < -0.3 is 35.0 Å². The Bertz CT molecular complexity index is 2280. The number of nitrogens with one attached hydrogen (secondary N) is 3. The SMILES string of the molecule is C=C1CCC(c2ccc(N3CCC(CCN4CCN(C5CCN(c6ccc(Nc7ncc(Cl)c(Nc8cccc9c8N(SC)CC9)n7)c7c6CCC7)CC5)CC4)CC3)cc2)C(=C)N1. The molecule has 1 unspecified atom stereocenters. The van der Waals surface area contributed by atoms with E-state index in [0.29, 0.717) is 28.7 Å². The third-order valence-corrected chi connectivity index (χ3v) is 16.1. The van der Waals surface area contributed by atoms with E-state index < -0.39 is 0 Å². The van der Waals surface area contributed by atoms with Crippen molar-refractivity contribution in [1.29, 1.82) is 0 Å². The van der Waals surface area contributed by atoms with Crippen LogP contribution in [-0.2, 0) is 19.3 Å². The average Bonchev–Trinajstić information content (AvgIpc) is 3.99. The molecular weight excluding hydrogens is 820 g/mol. The van der Waals surface area contributed by atoms with Crippen LogP contribution in [0.2, 0.25) is 5.02 Å². The minimum Gasteiger partial charge on any atom is -0.372 e. The molecule has 0 amide bonds. The Balaban J connectivity index is 0.673. The van der Waals surface area contributed by atoms with Crippen molar-refractivity contribution in [2.45, 2.75) is 82.6 Å². The van der Waals surface area contributed by atoms with Crippen LogP contribution in [0.25, 0.3) is 0 Å². The molecule has 1 aliphatic carbocycles. The lowest BCUT2D eigenvalue weighted by atomic mass is 9.88. The summed E-state index contributed by atoms with van der Waals surface area (Å²) >= 11 is 8.42. The molecule has 10 nitrogen and oxygen atoms in total. The molecule has 4 fully saturated rings. The highest BCUT2D eigenvalue weighted by atomic mass is 35.5. The van der Waals surface area contributed by atoms with Crippen LogP contribution >= 0.6 is 23.5 Å². The van der Waals surface area contributed by atoms with E-state index in [0.717, 1.165) is 80.4 Å². The summed E-state index contributed by atoms with van der Waals surface area (Å²) in [5, 5.41) is 11.0. The first-order chi connectivity index (χ1) is 30.9. The van der Waals surface area contributed by atoms with Crippen LogP contribution in [0.3, 0.4) is 0 Å². The molecule has 1 aromatic heterocycles. The number of piperidine rings is 3. The summed E-state index contributed by atoms with van der Waals surface area (Å²) in [6, 6.07) is 21.0. The molecule has 332 valence electrons. The maximum Gasteiger partial charge on any atom is 0.229 e. The van der Waals surface area contributed by atoms with Crippen molar-refractivity contribution >= 4 is 63.8 Å². The van der Waals surface area contributed by atoms with Gasteiger partial charge in [-0.1, -0.05) is 61.0 Å². The molecule has 0 saturated carbocycles. The molecule has 3 aromatic carbocycles. The fourth-order valence-corrected chi connectivity index (χ4v) is 12.2. The molecule has 6 heterocycles. The number of benzene rings is 3. The molecule has 63 heavy (non-hydrogen) atoms. The maximum absolute atomic E-state index is 6.67. The van der Waals surface area contributed by atoms with Crippen LogP contribution in [-0.4, -0.2) is 97.5 Å². The lowest BCUT2D eigenvalue weighted by Gasteiger charge is -2.44. The van der Waals surface area contributed by atoms with Crippen molar-refractivity contribution in [3.63, 3.8) is 0 Å². The van der Waals surface area contributed by atoms with Gasteiger partial charge in [-0.2, -0.15) is 4.98 Å². The van der Waals surface area contributed by atoms with Crippen LogP contribution in [0.5, 0.6) is 0 Å². The number of hydrogen-bond donors (Lipinski definition) is 3. The Morgan fingerprint density at radius 1 is 0.778 bits per heavy atom. The average molecular weight is 886 g/mol. The summed E-state index contributed by atoms with van der Waals surface area (Å²) in [7, 11) is 0. The van der Waals surface area contributed by atoms with Crippen molar-refractivity contribution < 1.29 is 0 Å². The molecule has 12 heteroatoms. The smallest absolute Gasteiger partial charge is 0.229 e. The van der Waals surface area contributed by atoms with Crippen LogP contribution in [0, 0.1) is 5.92 Å². The van der Waals surface area contributed by atoms with Gasteiger partial charge in [0.15, 0.2) is 5.82 Å². The van der Waals surface area contributed by atoms with Gasteiger partial charge in [0.25, 0.3) is 0 Å². The maximum atomic E-state index is 6.67. The molecule has 0 spiro atoms. The Labute approximate surface area is 384 Å². The highest BCUT2D eigenvalue weighted by molar-refractivity contribution is 8.00. The number of anilines is 7. The van der Waals surface area contributed by atoms with Crippen molar-refractivity contribution in [3.05, 3.63) is 113 Å². The van der Waals surface area contributed by atoms with E-state index in [4.69, 9.17) is 16.6 Å². The number of fused-ring (bicyclic) bond motifs is 2. The Morgan fingerprint density at radius 2 is 1.56 bits per heavy atom. The number of nitrogens with zero attached hydrogens (tertiary/aromatic N) is 7. The topological polar surface area (TPSA) is 78.1 Å². The quantitative estimate of drug-likeness (QED) is 0.119. The Morgan fingerprint density at radius 3 is 2.33 bits per heavy atom. The predicted octanol–water partition coefficient (Wildman–Crippen LogP) is 10.1. The van der Waals surface area contributed by atoms with E-state index in [1.165, 1.54) is 124 Å². The molecule has 1 atom stereocenters. The van der Waals surface area contributed by atoms with E-state index in [1.54, 1.807) is 18.1 Å². The molecule has 0 bridgehead atoms. The summed E-state index contributed by atoms with van der Waals surface area (Å²) in [5.74, 6) is 2.40. The van der Waals surface area contributed by atoms with Gasteiger partial charge in [0, 0.05) is 106 Å². The normalized spacial score (nSPS) is 21.4. The van der Waals surface area contributed by atoms with Gasteiger partial charge in [0.05, 0.1) is 17.6 Å². The summed E-state index contributed by atoms with van der Waals surface area (Å²) in [6.45, 7) is 20.1. The van der Waals surface area contributed by atoms with Crippen molar-refractivity contribution in [1.82, 2.24) is 25.1 Å². The van der Waals surface area contributed by atoms with E-state index >= 15 is 0 Å². The van der Waals surface area contributed by atoms with Gasteiger partial charge in [0.2, 0.25) is 5.95 Å². The lowest BCUT2D eigenvalue weighted by Crippen LogP contribution is -2.53. The van der Waals surface area contributed by atoms with E-state index in [1.807, 2.05) is 0 Å². The minimum absolute atomic E-state index is 0.384. The van der Waals surface area contributed by atoms with Gasteiger partial charge in [-0.25, -0.2) is 4.98 Å². The molecule has 4 saturated heterocycles. The second kappa shape index (κ2) is 19.0. The lowest BCUT2D eigenvalue weighted by molar-refractivity contribution is 0.0809. The number of allylic oxidation sites excluding steroid dienone is 2. The Kier molecular flexibility index (Phi) is 12.8. The first-order valence-corrected chi connectivity index (χ1v) is 25.3. The van der Waals surface area contributed by atoms with Crippen LogP contribution in [0.1, 0.15) is 79.5 Å². The fraction of sp³-hybridized carbons (Fsp3) is 0.490. The Hall–Kier alpha value is -4.42. The second-order valence-electron chi connectivity index (χ2n) is 18.7. The zero-order valence-corrected chi connectivity index (χ0v) is 38.8. The van der Waals surface area contributed by atoms with Gasteiger partial charge in [-0.05, 0) is 136 Å². The number of rotatable bonds is 12. The van der Waals surface area contributed by atoms with Crippen LogP contribution < -0.4 is 30.1 Å². The van der Waals surface area contributed by atoms with Gasteiger partial charge in [0.1, 0.15) is 5.02 Å². The number of hydrogen-bond acceptors (Lipinski definition) is 11. The molecule has 3 N–H and O–H groups in total. The largest absolute Gasteiger partial charge is 0.372 e. The van der Waals surface area contributed by atoms with Crippen molar-refractivity contribution in [3.8, 4) is 0 Å². The first kappa shape index (κ1) is 42.5.